The molecular formula is C19H26N5O3S+. The molecule has 2 aliphatic rings. The molecule has 1 aromatic carbocycles. The highest BCUT2D eigenvalue weighted by Gasteiger charge is 2.29. The SMILES string of the molecule is CSc1nnc([C@H]2CCC[NH+](CC(=O)NCc3ccc4c(c3)OCO4)C2)n1C. The Labute approximate surface area is 168 Å². The second-order valence-electron chi connectivity index (χ2n) is 7.29. The third kappa shape index (κ3) is 4.10. The first-order valence-electron chi connectivity index (χ1n) is 9.56. The van der Waals surface area contributed by atoms with Gasteiger partial charge in [0.25, 0.3) is 5.91 Å². The van der Waals surface area contributed by atoms with Crippen LogP contribution in [-0.4, -0.2) is 53.4 Å². The summed E-state index contributed by atoms with van der Waals surface area (Å²) in [6.45, 7) is 3.16. The standard InChI is InChI=1S/C19H25N5O3S/c1-23-18(21-22-19(23)28-2)14-4-3-7-24(10-14)11-17(25)20-9-13-5-6-15-16(8-13)27-12-26-15/h5-6,8,14H,3-4,7,9-12H2,1-2H3,(H,20,25)/p+1/t14-/m0/s1. The Kier molecular flexibility index (Phi) is 5.72. The number of fused-ring (bicyclic) bond motifs is 1. The Balaban J connectivity index is 1.29. The molecule has 1 saturated heterocycles. The minimum Gasteiger partial charge on any atom is -0.454 e. The Morgan fingerprint density at radius 1 is 1.36 bits per heavy atom. The molecule has 0 saturated carbocycles. The molecule has 1 aromatic heterocycles. The fourth-order valence-electron chi connectivity index (χ4n) is 3.93. The molecular weight excluding hydrogens is 378 g/mol. The van der Waals surface area contributed by atoms with E-state index in [9.17, 15) is 4.79 Å². The van der Waals surface area contributed by atoms with E-state index in [-0.39, 0.29) is 12.7 Å². The number of amides is 1. The molecule has 0 spiro atoms. The summed E-state index contributed by atoms with van der Waals surface area (Å²) in [7, 11) is 2.02. The fourth-order valence-corrected chi connectivity index (χ4v) is 4.42. The summed E-state index contributed by atoms with van der Waals surface area (Å²) in [6.07, 6.45) is 4.20. The number of ether oxygens (including phenoxy) is 2. The van der Waals surface area contributed by atoms with Gasteiger partial charge in [-0.2, -0.15) is 0 Å². The normalized spacial score (nSPS) is 20.9. The molecule has 3 heterocycles. The van der Waals surface area contributed by atoms with Gasteiger partial charge in [-0.15, -0.1) is 10.2 Å². The molecule has 1 amide bonds. The van der Waals surface area contributed by atoms with Crippen LogP contribution in [0.3, 0.4) is 0 Å². The van der Waals surface area contributed by atoms with Gasteiger partial charge < -0.3 is 24.3 Å². The first-order chi connectivity index (χ1) is 13.6. The average Bonchev–Trinajstić information content (AvgIpc) is 3.32. The number of hydrogen-bond donors (Lipinski definition) is 2. The van der Waals surface area contributed by atoms with Crippen LogP contribution in [0, 0.1) is 0 Å². The molecule has 0 bridgehead atoms. The predicted molar refractivity (Wildman–Crippen MR) is 105 cm³/mol. The molecule has 2 aromatic rings. The third-order valence-electron chi connectivity index (χ3n) is 5.37. The molecule has 8 nitrogen and oxygen atoms in total. The first kappa shape index (κ1) is 19.1. The summed E-state index contributed by atoms with van der Waals surface area (Å²) >= 11 is 1.61. The molecule has 0 radical (unpaired) electrons. The van der Waals surface area contributed by atoms with Crippen LogP contribution in [0.5, 0.6) is 11.5 Å². The van der Waals surface area contributed by atoms with Crippen LogP contribution in [0.2, 0.25) is 0 Å². The van der Waals surface area contributed by atoms with E-state index in [1.807, 2.05) is 31.5 Å². The summed E-state index contributed by atoms with van der Waals surface area (Å²) in [4.78, 5) is 13.8. The topological polar surface area (TPSA) is 82.7 Å². The van der Waals surface area contributed by atoms with E-state index in [2.05, 4.69) is 20.1 Å². The zero-order valence-corrected chi connectivity index (χ0v) is 17.1. The Morgan fingerprint density at radius 3 is 3.04 bits per heavy atom. The molecule has 4 rings (SSSR count). The van der Waals surface area contributed by atoms with E-state index < -0.39 is 0 Å². The van der Waals surface area contributed by atoms with Crippen molar-refractivity contribution in [2.45, 2.75) is 30.5 Å². The van der Waals surface area contributed by atoms with Crippen molar-refractivity contribution in [3.63, 3.8) is 0 Å². The maximum atomic E-state index is 12.5. The van der Waals surface area contributed by atoms with E-state index in [0.29, 0.717) is 19.0 Å². The van der Waals surface area contributed by atoms with E-state index in [1.54, 1.807) is 11.8 Å². The van der Waals surface area contributed by atoms with Crippen molar-refractivity contribution < 1.29 is 19.2 Å². The highest BCUT2D eigenvalue weighted by molar-refractivity contribution is 7.98. The lowest BCUT2D eigenvalue weighted by Gasteiger charge is -2.28. The van der Waals surface area contributed by atoms with Gasteiger partial charge >= 0.3 is 0 Å². The van der Waals surface area contributed by atoms with Crippen LogP contribution in [0.4, 0.5) is 0 Å². The summed E-state index contributed by atoms with van der Waals surface area (Å²) < 4.78 is 12.8. The molecule has 2 atom stereocenters. The highest BCUT2D eigenvalue weighted by atomic mass is 32.2. The van der Waals surface area contributed by atoms with Gasteiger partial charge in [0.2, 0.25) is 6.79 Å². The van der Waals surface area contributed by atoms with Crippen molar-refractivity contribution in [1.29, 1.82) is 0 Å². The number of likely N-dealkylation sites (tertiary alicyclic amines) is 1. The van der Waals surface area contributed by atoms with Crippen molar-refractivity contribution in [3.05, 3.63) is 29.6 Å². The summed E-state index contributed by atoms with van der Waals surface area (Å²) in [6, 6.07) is 5.76. The minimum atomic E-state index is 0.0658. The van der Waals surface area contributed by atoms with Gasteiger partial charge in [0.05, 0.1) is 19.0 Å². The second-order valence-corrected chi connectivity index (χ2v) is 8.06. The zero-order chi connectivity index (χ0) is 19.5. The number of nitrogens with one attached hydrogen (secondary N) is 2. The average molecular weight is 405 g/mol. The number of aromatic nitrogens is 3. The Morgan fingerprint density at radius 2 is 2.21 bits per heavy atom. The molecule has 150 valence electrons. The number of carbonyl (C=O) groups excluding carboxylic acids is 1. The molecule has 0 aliphatic carbocycles. The van der Waals surface area contributed by atoms with Crippen LogP contribution in [0.25, 0.3) is 0 Å². The maximum Gasteiger partial charge on any atom is 0.275 e. The van der Waals surface area contributed by atoms with Gasteiger partial charge in [0.1, 0.15) is 5.82 Å². The number of hydrogen-bond acceptors (Lipinski definition) is 6. The van der Waals surface area contributed by atoms with Gasteiger partial charge in [-0.05, 0) is 36.8 Å². The van der Waals surface area contributed by atoms with Crippen molar-refractivity contribution in [2.75, 3.05) is 32.7 Å². The second kappa shape index (κ2) is 8.40. The van der Waals surface area contributed by atoms with Crippen LogP contribution >= 0.6 is 11.8 Å². The molecule has 1 fully saturated rings. The summed E-state index contributed by atoms with van der Waals surface area (Å²) in [5.41, 5.74) is 1.01. The number of thioether (sulfide) groups is 1. The van der Waals surface area contributed by atoms with Crippen molar-refractivity contribution in [2.24, 2.45) is 7.05 Å². The van der Waals surface area contributed by atoms with Gasteiger partial charge in [-0.1, -0.05) is 17.8 Å². The number of benzene rings is 1. The van der Waals surface area contributed by atoms with Crippen LogP contribution in [0.15, 0.2) is 23.4 Å². The van der Waals surface area contributed by atoms with Gasteiger partial charge in [0, 0.05) is 13.6 Å². The fraction of sp³-hybridized carbons (Fsp3) is 0.526. The molecule has 1 unspecified atom stereocenters. The van der Waals surface area contributed by atoms with Gasteiger partial charge in [0.15, 0.2) is 23.2 Å². The van der Waals surface area contributed by atoms with Gasteiger partial charge in [-0.25, -0.2) is 0 Å². The minimum absolute atomic E-state index is 0.0658. The van der Waals surface area contributed by atoms with E-state index in [0.717, 1.165) is 54.0 Å². The monoisotopic (exact) mass is 404 g/mol. The number of quaternary nitrogens is 1. The Hall–Kier alpha value is -2.26. The molecule has 9 heteroatoms. The quantitative estimate of drug-likeness (QED) is 0.676. The lowest BCUT2D eigenvalue weighted by Crippen LogP contribution is -3.14. The summed E-state index contributed by atoms with van der Waals surface area (Å²) in [5.74, 6) is 2.94. The molecule has 28 heavy (non-hydrogen) atoms. The predicted octanol–water partition coefficient (Wildman–Crippen LogP) is 0.344. The van der Waals surface area contributed by atoms with Crippen LogP contribution in [-0.2, 0) is 18.4 Å². The first-order valence-corrected chi connectivity index (χ1v) is 10.8. The van der Waals surface area contributed by atoms with E-state index in [1.165, 1.54) is 4.90 Å². The van der Waals surface area contributed by atoms with E-state index in [4.69, 9.17) is 9.47 Å². The number of carbonyl (C=O) groups is 1. The maximum absolute atomic E-state index is 12.5. The number of piperidine rings is 1. The Bertz CT molecular complexity index is 856. The number of rotatable bonds is 6. The van der Waals surface area contributed by atoms with Crippen molar-refractivity contribution in [1.82, 2.24) is 20.1 Å². The molecule has 2 N–H and O–H groups in total. The van der Waals surface area contributed by atoms with Gasteiger partial charge in [-0.3, -0.25) is 4.79 Å². The largest absolute Gasteiger partial charge is 0.454 e. The highest BCUT2D eigenvalue weighted by Crippen LogP contribution is 2.32. The van der Waals surface area contributed by atoms with Crippen molar-refractivity contribution >= 4 is 17.7 Å². The van der Waals surface area contributed by atoms with Crippen LogP contribution in [0.1, 0.15) is 30.1 Å². The third-order valence-corrected chi connectivity index (χ3v) is 6.09. The van der Waals surface area contributed by atoms with Crippen LogP contribution < -0.4 is 19.7 Å². The number of nitrogens with zero attached hydrogens (tertiary/aromatic N) is 3. The molecule has 2 aliphatic heterocycles. The lowest BCUT2D eigenvalue weighted by molar-refractivity contribution is -0.898. The summed E-state index contributed by atoms with van der Waals surface area (Å²) in [5, 5.41) is 12.6. The lowest BCUT2D eigenvalue weighted by atomic mass is 9.97. The van der Waals surface area contributed by atoms with Crippen molar-refractivity contribution in [3.8, 4) is 11.5 Å². The smallest absolute Gasteiger partial charge is 0.275 e. The zero-order valence-electron chi connectivity index (χ0n) is 16.2. The van der Waals surface area contributed by atoms with E-state index >= 15 is 0 Å².